The predicted octanol–water partition coefficient (Wildman–Crippen LogP) is 2.47. The van der Waals surface area contributed by atoms with Gasteiger partial charge in [-0.15, -0.1) is 0 Å². The molecule has 1 aromatic carbocycles. The number of piperidine rings is 1. The largest absolute Gasteiger partial charge is 0.496 e. The first kappa shape index (κ1) is 16.7. The number of nitrogens with zero attached hydrogens (tertiary/aromatic N) is 3. The molecular formula is C19H31N3O. The lowest BCUT2D eigenvalue weighted by Gasteiger charge is -2.45. The summed E-state index contributed by atoms with van der Waals surface area (Å²) in [6.45, 7) is 9.43. The molecule has 0 aromatic heterocycles. The van der Waals surface area contributed by atoms with Crippen LogP contribution < -0.4 is 4.74 Å². The molecule has 0 radical (unpaired) electrons. The van der Waals surface area contributed by atoms with Crippen molar-refractivity contribution in [1.29, 1.82) is 0 Å². The van der Waals surface area contributed by atoms with Gasteiger partial charge in [0.2, 0.25) is 0 Å². The fourth-order valence-electron chi connectivity index (χ4n) is 4.10. The fourth-order valence-corrected chi connectivity index (χ4v) is 4.10. The van der Waals surface area contributed by atoms with E-state index in [-0.39, 0.29) is 0 Å². The molecule has 128 valence electrons. The molecule has 0 aliphatic carbocycles. The van der Waals surface area contributed by atoms with Crippen LogP contribution in [0.3, 0.4) is 0 Å². The maximum absolute atomic E-state index is 5.60. The van der Waals surface area contributed by atoms with Crippen molar-refractivity contribution in [2.24, 2.45) is 0 Å². The van der Waals surface area contributed by atoms with E-state index >= 15 is 0 Å². The molecule has 2 aliphatic heterocycles. The normalized spacial score (nSPS) is 25.6. The number of hydrogen-bond acceptors (Lipinski definition) is 4. The summed E-state index contributed by atoms with van der Waals surface area (Å²) in [7, 11) is 4.02. The van der Waals surface area contributed by atoms with Crippen LogP contribution in [0.1, 0.15) is 31.4 Å². The second-order valence-electron chi connectivity index (χ2n) is 6.90. The lowest BCUT2D eigenvalue weighted by Crippen LogP contribution is -2.53. The smallest absolute Gasteiger partial charge is 0.123 e. The zero-order valence-corrected chi connectivity index (χ0v) is 14.9. The van der Waals surface area contributed by atoms with E-state index in [0.717, 1.165) is 24.9 Å². The number of para-hydroxylation sites is 1. The van der Waals surface area contributed by atoms with E-state index in [0.29, 0.717) is 6.04 Å². The molecule has 0 N–H and O–H groups in total. The van der Waals surface area contributed by atoms with Crippen LogP contribution in [0.5, 0.6) is 5.75 Å². The van der Waals surface area contributed by atoms with E-state index in [2.05, 4.69) is 52.9 Å². The molecule has 4 nitrogen and oxygen atoms in total. The van der Waals surface area contributed by atoms with Crippen LogP contribution in [0.15, 0.2) is 24.3 Å². The van der Waals surface area contributed by atoms with Crippen molar-refractivity contribution in [1.82, 2.24) is 14.7 Å². The van der Waals surface area contributed by atoms with Crippen molar-refractivity contribution in [3.05, 3.63) is 29.8 Å². The van der Waals surface area contributed by atoms with Crippen molar-refractivity contribution in [3.8, 4) is 5.75 Å². The van der Waals surface area contributed by atoms with Gasteiger partial charge < -0.3 is 9.64 Å². The Kier molecular flexibility index (Phi) is 5.57. The van der Waals surface area contributed by atoms with Crippen molar-refractivity contribution < 1.29 is 4.74 Å². The third-order valence-electron chi connectivity index (χ3n) is 5.70. The first-order valence-corrected chi connectivity index (χ1v) is 9.02. The number of methoxy groups -OCH3 is 1. The van der Waals surface area contributed by atoms with Crippen molar-refractivity contribution in [3.63, 3.8) is 0 Å². The van der Waals surface area contributed by atoms with Gasteiger partial charge in [0.15, 0.2) is 0 Å². The number of hydrogen-bond donors (Lipinski definition) is 0. The minimum absolute atomic E-state index is 0.434. The second-order valence-corrected chi connectivity index (χ2v) is 6.90. The summed E-state index contributed by atoms with van der Waals surface area (Å²) < 4.78 is 5.60. The molecule has 0 saturated carbocycles. The average molecular weight is 317 g/mol. The minimum atomic E-state index is 0.434. The van der Waals surface area contributed by atoms with Crippen LogP contribution in [-0.4, -0.2) is 74.2 Å². The quantitative estimate of drug-likeness (QED) is 0.849. The number of rotatable bonds is 4. The van der Waals surface area contributed by atoms with Gasteiger partial charge in [0.05, 0.1) is 13.2 Å². The van der Waals surface area contributed by atoms with E-state index < -0.39 is 0 Å². The highest BCUT2D eigenvalue weighted by molar-refractivity contribution is 5.36. The van der Waals surface area contributed by atoms with E-state index in [1.54, 1.807) is 7.11 Å². The number of benzene rings is 1. The van der Waals surface area contributed by atoms with Gasteiger partial charge in [-0.1, -0.05) is 25.1 Å². The van der Waals surface area contributed by atoms with E-state index in [4.69, 9.17) is 4.74 Å². The molecule has 1 unspecified atom stereocenters. The average Bonchev–Trinajstić information content (AvgIpc) is 2.62. The number of likely N-dealkylation sites (tertiary alicyclic amines) is 1. The summed E-state index contributed by atoms with van der Waals surface area (Å²) in [6, 6.07) is 9.69. The fraction of sp³-hybridized carbons (Fsp3) is 0.684. The van der Waals surface area contributed by atoms with Crippen LogP contribution in [0.2, 0.25) is 0 Å². The Labute approximate surface area is 141 Å². The molecule has 3 rings (SSSR count). The lowest BCUT2D eigenvalue weighted by atomic mass is 9.97. The Morgan fingerprint density at radius 3 is 2.52 bits per heavy atom. The Balaban J connectivity index is 1.70. The van der Waals surface area contributed by atoms with Gasteiger partial charge in [-0.2, -0.15) is 0 Å². The zero-order chi connectivity index (χ0) is 16.2. The molecule has 4 heteroatoms. The maximum Gasteiger partial charge on any atom is 0.123 e. The van der Waals surface area contributed by atoms with Crippen LogP contribution in [-0.2, 0) is 0 Å². The Morgan fingerprint density at radius 2 is 1.83 bits per heavy atom. The third-order valence-corrected chi connectivity index (χ3v) is 5.70. The van der Waals surface area contributed by atoms with E-state index in [1.165, 1.54) is 44.6 Å². The topological polar surface area (TPSA) is 19.0 Å². The van der Waals surface area contributed by atoms with Gasteiger partial charge >= 0.3 is 0 Å². The van der Waals surface area contributed by atoms with Gasteiger partial charge in [-0.05, 0) is 45.6 Å². The number of ether oxygens (including phenoxy) is 1. The zero-order valence-electron chi connectivity index (χ0n) is 14.9. The molecular weight excluding hydrogens is 286 g/mol. The number of likely N-dealkylation sites (N-methyl/N-ethyl adjacent to an activating group) is 1. The van der Waals surface area contributed by atoms with Gasteiger partial charge in [-0.25, -0.2) is 0 Å². The molecule has 2 fully saturated rings. The predicted molar refractivity (Wildman–Crippen MR) is 95.1 cm³/mol. The highest BCUT2D eigenvalue weighted by Gasteiger charge is 2.32. The molecule has 1 aromatic rings. The summed E-state index contributed by atoms with van der Waals surface area (Å²) >= 11 is 0. The molecule has 0 amide bonds. The van der Waals surface area contributed by atoms with Crippen molar-refractivity contribution in [2.45, 2.75) is 31.8 Å². The SMILES string of the molecule is CCN1CCC(N2CCN(C)C(c3ccccc3OC)C2)CC1. The van der Waals surface area contributed by atoms with Gasteiger partial charge in [0.25, 0.3) is 0 Å². The summed E-state index contributed by atoms with van der Waals surface area (Å²) in [5.41, 5.74) is 1.33. The summed E-state index contributed by atoms with van der Waals surface area (Å²) in [5, 5.41) is 0. The Hall–Kier alpha value is -1.10. The highest BCUT2D eigenvalue weighted by atomic mass is 16.5. The minimum Gasteiger partial charge on any atom is -0.496 e. The van der Waals surface area contributed by atoms with E-state index in [9.17, 15) is 0 Å². The van der Waals surface area contributed by atoms with Crippen molar-refractivity contribution in [2.75, 3.05) is 53.4 Å². The molecule has 1 atom stereocenters. The first-order valence-electron chi connectivity index (χ1n) is 9.02. The monoisotopic (exact) mass is 317 g/mol. The second kappa shape index (κ2) is 7.65. The molecule has 2 saturated heterocycles. The van der Waals surface area contributed by atoms with Crippen LogP contribution in [0.25, 0.3) is 0 Å². The first-order chi connectivity index (χ1) is 11.2. The van der Waals surface area contributed by atoms with E-state index in [1.807, 2.05) is 0 Å². The summed E-state index contributed by atoms with van der Waals surface area (Å²) in [5.74, 6) is 1.02. The number of piperazine rings is 1. The summed E-state index contributed by atoms with van der Waals surface area (Å²) in [4.78, 5) is 7.78. The third kappa shape index (κ3) is 3.70. The summed E-state index contributed by atoms with van der Waals surface area (Å²) in [6.07, 6.45) is 2.63. The Morgan fingerprint density at radius 1 is 1.09 bits per heavy atom. The standard InChI is InChI=1S/C19H31N3O/c1-4-21-11-9-16(10-12-21)22-14-13-20(2)18(15-22)17-7-5-6-8-19(17)23-3/h5-8,16,18H,4,9-15H2,1-3H3. The highest BCUT2D eigenvalue weighted by Crippen LogP contribution is 2.32. The van der Waals surface area contributed by atoms with Gasteiger partial charge in [-0.3, -0.25) is 9.80 Å². The van der Waals surface area contributed by atoms with Crippen LogP contribution in [0.4, 0.5) is 0 Å². The molecule has 0 bridgehead atoms. The lowest BCUT2D eigenvalue weighted by molar-refractivity contribution is 0.0362. The van der Waals surface area contributed by atoms with Crippen LogP contribution in [0, 0.1) is 0 Å². The molecule has 23 heavy (non-hydrogen) atoms. The maximum atomic E-state index is 5.60. The van der Waals surface area contributed by atoms with Gasteiger partial charge in [0, 0.05) is 31.2 Å². The van der Waals surface area contributed by atoms with Crippen molar-refractivity contribution >= 4 is 0 Å². The molecule has 0 spiro atoms. The van der Waals surface area contributed by atoms with Crippen LogP contribution >= 0.6 is 0 Å². The molecule has 2 aliphatic rings. The Bertz CT molecular complexity index is 499. The molecule has 2 heterocycles. The van der Waals surface area contributed by atoms with Gasteiger partial charge in [0.1, 0.15) is 5.75 Å².